The van der Waals surface area contributed by atoms with Crippen LogP contribution in [0.25, 0.3) is 0 Å². The van der Waals surface area contributed by atoms with Gasteiger partial charge in [-0.05, 0) is 51.0 Å². The van der Waals surface area contributed by atoms with E-state index in [2.05, 4.69) is 23.5 Å². The minimum atomic E-state index is -3.14. The van der Waals surface area contributed by atoms with Gasteiger partial charge in [-0.2, -0.15) is 0 Å². The van der Waals surface area contributed by atoms with Crippen molar-refractivity contribution in [3.63, 3.8) is 0 Å². The van der Waals surface area contributed by atoms with Gasteiger partial charge in [0.25, 0.3) is 0 Å². The molecule has 114 valence electrons. The summed E-state index contributed by atoms with van der Waals surface area (Å²) < 4.78 is 25.3. The first-order valence-corrected chi connectivity index (χ1v) is 8.69. The summed E-state index contributed by atoms with van der Waals surface area (Å²) in [5.41, 5.74) is 8.77. The van der Waals surface area contributed by atoms with Gasteiger partial charge in [0.15, 0.2) is 0 Å². The minimum Gasteiger partial charge on any atom is -0.399 e. The molecule has 1 aromatic carbocycles. The van der Waals surface area contributed by atoms with E-state index < -0.39 is 10.0 Å². The number of nitrogens with two attached hydrogens (primary N) is 1. The highest BCUT2D eigenvalue weighted by molar-refractivity contribution is 7.89. The average Bonchev–Trinajstić information content (AvgIpc) is 2.43. The molecule has 0 bridgehead atoms. The Morgan fingerprint density at radius 2 is 1.85 bits per heavy atom. The Morgan fingerprint density at radius 1 is 1.20 bits per heavy atom. The lowest BCUT2D eigenvalue weighted by atomic mass is 10.1. The summed E-state index contributed by atoms with van der Waals surface area (Å²) in [6, 6.07) is 5.93. The molecule has 1 rings (SSSR count). The Bertz CT molecular complexity index is 525. The molecule has 0 atom stereocenters. The number of sulfonamides is 1. The maximum atomic E-state index is 11.4. The number of hydrogen-bond acceptors (Lipinski definition) is 4. The van der Waals surface area contributed by atoms with Crippen LogP contribution in [0.3, 0.4) is 0 Å². The number of nitrogen functional groups attached to an aromatic ring is 1. The van der Waals surface area contributed by atoms with Crippen LogP contribution < -0.4 is 15.4 Å². The molecule has 0 spiro atoms. The van der Waals surface area contributed by atoms with Crippen LogP contribution in [-0.4, -0.2) is 33.8 Å². The minimum absolute atomic E-state index is 0.0992. The Hall–Kier alpha value is -1.27. The van der Waals surface area contributed by atoms with Crippen LogP contribution in [0.15, 0.2) is 18.2 Å². The Kier molecular flexibility index (Phi) is 6.29. The Morgan fingerprint density at radius 3 is 2.40 bits per heavy atom. The van der Waals surface area contributed by atoms with E-state index in [0.29, 0.717) is 18.7 Å². The standard InChI is InChI=1S/C14H25N3O2S/c1-4-17(5-2)13-7-8-14(15)12(11-13)9-10-16-20(18,19)6-3/h7-8,11,16H,4-6,9-10,15H2,1-3H3. The van der Waals surface area contributed by atoms with Crippen LogP contribution in [0, 0.1) is 0 Å². The second-order valence-electron chi connectivity index (χ2n) is 4.60. The van der Waals surface area contributed by atoms with Crippen molar-refractivity contribution >= 4 is 21.4 Å². The van der Waals surface area contributed by atoms with Crippen LogP contribution >= 0.6 is 0 Å². The Balaban J connectivity index is 2.77. The fraction of sp³-hybridized carbons (Fsp3) is 0.571. The van der Waals surface area contributed by atoms with Crippen LogP contribution in [0.1, 0.15) is 26.3 Å². The lowest BCUT2D eigenvalue weighted by molar-refractivity contribution is 0.583. The molecule has 3 N–H and O–H groups in total. The van der Waals surface area contributed by atoms with E-state index in [0.717, 1.165) is 24.3 Å². The molecule has 5 nitrogen and oxygen atoms in total. The van der Waals surface area contributed by atoms with Crippen molar-refractivity contribution in [3.05, 3.63) is 23.8 Å². The molecule has 0 saturated carbocycles. The van der Waals surface area contributed by atoms with E-state index in [4.69, 9.17) is 5.73 Å². The molecular formula is C14H25N3O2S. The van der Waals surface area contributed by atoms with Gasteiger partial charge in [0, 0.05) is 31.0 Å². The molecule has 20 heavy (non-hydrogen) atoms. The number of nitrogens with one attached hydrogen (secondary N) is 1. The van der Waals surface area contributed by atoms with Crippen molar-refractivity contribution in [2.24, 2.45) is 0 Å². The van der Waals surface area contributed by atoms with E-state index in [-0.39, 0.29) is 5.75 Å². The first kappa shape index (κ1) is 16.8. The highest BCUT2D eigenvalue weighted by Crippen LogP contribution is 2.21. The summed E-state index contributed by atoms with van der Waals surface area (Å²) in [7, 11) is -3.14. The molecule has 0 unspecified atom stereocenters. The Labute approximate surface area is 122 Å². The van der Waals surface area contributed by atoms with Crippen LogP contribution in [-0.2, 0) is 16.4 Å². The zero-order valence-electron chi connectivity index (χ0n) is 12.5. The molecular weight excluding hydrogens is 274 g/mol. The van der Waals surface area contributed by atoms with E-state index in [1.165, 1.54) is 0 Å². The van der Waals surface area contributed by atoms with E-state index in [1.54, 1.807) is 6.92 Å². The number of anilines is 2. The van der Waals surface area contributed by atoms with Gasteiger partial charge in [-0.3, -0.25) is 0 Å². The number of rotatable bonds is 8. The highest BCUT2D eigenvalue weighted by Gasteiger charge is 2.08. The lowest BCUT2D eigenvalue weighted by Gasteiger charge is -2.22. The molecule has 1 aromatic rings. The van der Waals surface area contributed by atoms with Gasteiger partial charge in [-0.15, -0.1) is 0 Å². The highest BCUT2D eigenvalue weighted by atomic mass is 32.2. The third-order valence-electron chi connectivity index (χ3n) is 3.35. The number of nitrogens with zero attached hydrogens (tertiary/aromatic N) is 1. The van der Waals surface area contributed by atoms with Gasteiger partial charge in [0.2, 0.25) is 10.0 Å². The largest absolute Gasteiger partial charge is 0.399 e. The summed E-state index contributed by atoms with van der Waals surface area (Å²) >= 11 is 0. The molecule has 0 aliphatic heterocycles. The van der Waals surface area contributed by atoms with Gasteiger partial charge in [0.05, 0.1) is 5.75 Å². The molecule has 0 aliphatic rings. The third kappa shape index (κ3) is 4.68. The molecule has 0 aliphatic carbocycles. The summed E-state index contributed by atoms with van der Waals surface area (Å²) in [4.78, 5) is 2.24. The SMILES string of the molecule is CCN(CC)c1ccc(N)c(CCNS(=O)(=O)CC)c1. The topological polar surface area (TPSA) is 75.4 Å². The summed E-state index contributed by atoms with van der Waals surface area (Å²) in [5.74, 6) is 0.0992. The lowest BCUT2D eigenvalue weighted by Crippen LogP contribution is -2.27. The predicted octanol–water partition coefficient (Wildman–Crippen LogP) is 1.60. The van der Waals surface area contributed by atoms with Crippen molar-refractivity contribution in [1.29, 1.82) is 0 Å². The van der Waals surface area contributed by atoms with Crippen molar-refractivity contribution in [2.75, 3.05) is 36.0 Å². The van der Waals surface area contributed by atoms with Crippen LogP contribution in [0.5, 0.6) is 0 Å². The van der Waals surface area contributed by atoms with Gasteiger partial charge in [0.1, 0.15) is 0 Å². The molecule has 0 fully saturated rings. The van der Waals surface area contributed by atoms with E-state index in [1.807, 2.05) is 18.2 Å². The van der Waals surface area contributed by atoms with Crippen molar-refractivity contribution < 1.29 is 8.42 Å². The van der Waals surface area contributed by atoms with E-state index in [9.17, 15) is 8.42 Å². The van der Waals surface area contributed by atoms with Crippen LogP contribution in [0.2, 0.25) is 0 Å². The number of hydrogen-bond donors (Lipinski definition) is 2. The van der Waals surface area contributed by atoms with Crippen molar-refractivity contribution in [1.82, 2.24) is 4.72 Å². The second-order valence-corrected chi connectivity index (χ2v) is 6.70. The van der Waals surface area contributed by atoms with Gasteiger partial charge in [-0.1, -0.05) is 0 Å². The molecule has 6 heteroatoms. The monoisotopic (exact) mass is 299 g/mol. The average molecular weight is 299 g/mol. The second kappa shape index (κ2) is 7.50. The van der Waals surface area contributed by atoms with E-state index >= 15 is 0 Å². The zero-order chi connectivity index (χ0) is 15.2. The number of benzene rings is 1. The van der Waals surface area contributed by atoms with Crippen LogP contribution in [0.4, 0.5) is 11.4 Å². The summed E-state index contributed by atoms with van der Waals surface area (Å²) in [6.07, 6.45) is 0.597. The molecule has 0 amide bonds. The molecule has 0 aromatic heterocycles. The normalized spacial score (nSPS) is 11.6. The predicted molar refractivity (Wildman–Crippen MR) is 85.6 cm³/mol. The summed E-state index contributed by atoms with van der Waals surface area (Å²) in [5, 5.41) is 0. The smallest absolute Gasteiger partial charge is 0.211 e. The fourth-order valence-electron chi connectivity index (χ4n) is 2.04. The molecule has 0 radical (unpaired) electrons. The zero-order valence-corrected chi connectivity index (χ0v) is 13.3. The fourth-order valence-corrected chi connectivity index (χ4v) is 2.65. The first-order chi connectivity index (χ1) is 9.43. The summed E-state index contributed by atoms with van der Waals surface area (Å²) in [6.45, 7) is 8.08. The first-order valence-electron chi connectivity index (χ1n) is 7.04. The third-order valence-corrected chi connectivity index (χ3v) is 4.76. The maximum absolute atomic E-state index is 11.4. The van der Waals surface area contributed by atoms with Crippen molar-refractivity contribution in [2.45, 2.75) is 27.2 Å². The van der Waals surface area contributed by atoms with Crippen molar-refractivity contribution in [3.8, 4) is 0 Å². The van der Waals surface area contributed by atoms with Gasteiger partial charge < -0.3 is 10.6 Å². The maximum Gasteiger partial charge on any atom is 0.211 e. The van der Waals surface area contributed by atoms with Gasteiger partial charge >= 0.3 is 0 Å². The van der Waals surface area contributed by atoms with Gasteiger partial charge in [-0.25, -0.2) is 13.1 Å². The molecule has 0 saturated heterocycles. The quantitative estimate of drug-likeness (QED) is 0.715. The molecule has 0 heterocycles.